The highest BCUT2D eigenvalue weighted by Gasteiger charge is 2.35. The molecule has 5 nitrogen and oxygen atoms in total. The van der Waals surface area contributed by atoms with Gasteiger partial charge in [0.2, 0.25) is 10.0 Å². The van der Waals surface area contributed by atoms with Gasteiger partial charge in [0, 0.05) is 24.8 Å². The number of alkyl halides is 3. The van der Waals surface area contributed by atoms with Crippen LogP contribution in [-0.4, -0.2) is 45.2 Å². The summed E-state index contributed by atoms with van der Waals surface area (Å²) in [4.78, 5) is 1.24. The van der Waals surface area contributed by atoms with Gasteiger partial charge in [-0.15, -0.1) is 0 Å². The maximum atomic E-state index is 12.3. The van der Waals surface area contributed by atoms with Crippen molar-refractivity contribution in [2.24, 2.45) is 0 Å². The molecule has 1 heterocycles. The number of benzene rings is 1. The van der Waals surface area contributed by atoms with Gasteiger partial charge < -0.3 is 5.73 Å². The van der Waals surface area contributed by atoms with Crippen LogP contribution in [0.5, 0.6) is 0 Å². The van der Waals surface area contributed by atoms with Crippen LogP contribution >= 0.6 is 0 Å². The smallest absolute Gasteiger partial charge is 0.399 e. The Labute approximate surface area is 121 Å². The average Bonchev–Trinajstić information content (AvgIpc) is 2.73. The van der Waals surface area contributed by atoms with E-state index in [2.05, 4.69) is 4.72 Å². The second-order valence-corrected chi connectivity index (χ2v) is 6.74. The highest BCUT2D eigenvalue weighted by Crippen LogP contribution is 2.21. The van der Waals surface area contributed by atoms with E-state index in [1.54, 1.807) is 0 Å². The number of nitrogens with zero attached hydrogens (tertiary/aromatic N) is 1. The van der Waals surface area contributed by atoms with E-state index in [1.165, 1.54) is 29.2 Å². The van der Waals surface area contributed by atoms with E-state index in [0.29, 0.717) is 12.1 Å². The number of halogens is 3. The summed E-state index contributed by atoms with van der Waals surface area (Å²) in [6, 6.07) is 5.12. The Hall–Kier alpha value is -1.32. The van der Waals surface area contributed by atoms with Gasteiger partial charge >= 0.3 is 6.18 Å². The Balaban J connectivity index is 1.97. The standard InChI is InChI=1S/C12H16F3N3O2S/c13-12(14,15)8-18-6-5-10(7-18)17-21(19,20)11-3-1-9(16)2-4-11/h1-4,10,17H,5-8,16H2. The first-order valence-corrected chi connectivity index (χ1v) is 7.81. The quantitative estimate of drug-likeness (QED) is 0.816. The van der Waals surface area contributed by atoms with E-state index < -0.39 is 28.8 Å². The molecule has 1 fully saturated rings. The third-order valence-electron chi connectivity index (χ3n) is 3.19. The number of nitrogens with two attached hydrogens (primary N) is 1. The molecular weight excluding hydrogens is 307 g/mol. The number of hydrogen-bond donors (Lipinski definition) is 2. The van der Waals surface area contributed by atoms with Crippen molar-refractivity contribution in [3.8, 4) is 0 Å². The van der Waals surface area contributed by atoms with Crippen molar-refractivity contribution in [2.45, 2.75) is 23.5 Å². The molecule has 1 saturated heterocycles. The molecule has 0 amide bonds. The summed E-state index contributed by atoms with van der Waals surface area (Å²) in [5, 5.41) is 0. The molecule has 1 aliphatic heterocycles. The first kappa shape index (κ1) is 16.1. The SMILES string of the molecule is Nc1ccc(S(=O)(=O)NC2CCN(CC(F)(F)F)C2)cc1. The van der Waals surface area contributed by atoms with Crippen LogP contribution in [0.3, 0.4) is 0 Å². The second kappa shape index (κ2) is 5.82. The second-order valence-electron chi connectivity index (χ2n) is 5.03. The summed E-state index contributed by atoms with van der Waals surface area (Å²) >= 11 is 0. The minimum absolute atomic E-state index is 0.0472. The fourth-order valence-corrected chi connectivity index (χ4v) is 3.52. The minimum atomic E-state index is -4.27. The van der Waals surface area contributed by atoms with E-state index >= 15 is 0 Å². The monoisotopic (exact) mass is 323 g/mol. The molecule has 3 N–H and O–H groups in total. The van der Waals surface area contributed by atoms with Crippen LogP contribution in [0.1, 0.15) is 6.42 Å². The van der Waals surface area contributed by atoms with Crippen molar-refractivity contribution in [1.82, 2.24) is 9.62 Å². The molecule has 0 radical (unpaired) electrons. The highest BCUT2D eigenvalue weighted by atomic mass is 32.2. The van der Waals surface area contributed by atoms with Gasteiger partial charge in [0.25, 0.3) is 0 Å². The molecule has 1 atom stereocenters. The number of rotatable bonds is 4. The van der Waals surface area contributed by atoms with Crippen LogP contribution in [0.2, 0.25) is 0 Å². The lowest BCUT2D eigenvalue weighted by atomic mass is 10.3. The molecule has 1 aliphatic rings. The van der Waals surface area contributed by atoms with E-state index in [4.69, 9.17) is 5.73 Å². The van der Waals surface area contributed by atoms with Gasteiger partial charge in [-0.3, -0.25) is 4.90 Å². The molecule has 0 bridgehead atoms. The molecule has 2 rings (SSSR count). The first-order valence-electron chi connectivity index (χ1n) is 6.33. The zero-order valence-corrected chi connectivity index (χ0v) is 11.9. The first-order chi connectivity index (χ1) is 9.66. The summed E-state index contributed by atoms with van der Waals surface area (Å²) < 4.78 is 63.5. The normalized spacial score (nSPS) is 20.8. The lowest BCUT2D eigenvalue weighted by Crippen LogP contribution is -2.39. The predicted molar refractivity (Wildman–Crippen MR) is 72.1 cm³/mol. The molecule has 118 valence electrons. The molecule has 21 heavy (non-hydrogen) atoms. The predicted octanol–water partition coefficient (Wildman–Crippen LogP) is 1.18. The van der Waals surface area contributed by atoms with Crippen molar-refractivity contribution in [2.75, 3.05) is 25.4 Å². The number of anilines is 1. The fourth-order valence-electron chi connectivity index (χ4n) is 2.26. The van der Waals surface area contributed by atoms with E-state index in [1.807, 2.05) is 0 Å². The maximum Gasteiger partial charge on any atom is 0.401 e. The van der Waals surface area contributed by atoms with Crippen molar-refractivity contribution in [1.29, 1.82) is 0 Å². The lowest BCUT2D eigenvalue weighted by Gasteiger charge is -2.18. The average molecular weight is 323 g/mol. The van der Waals surface area contributed by atoms with Gasteiger partial charge in [-0.1, -0.05) is 0 Å². The van der Waals surface area contributed by atoms with Crippen molar-refractivity contribution in [3.63, 3.8) is 0 Å². The maximum absolute atomic E-state index is 12.3. The largest absolute Gasteiger partial charge is 0.401 e. The van der Waals surface area contributed by atoms with Crippen molar-refractivity contribution in [3.05, 3.63) is 24.3 Å². The van der Waals surface area contributed by atoms with Gasteiger partial charge in [-0.25, -0.2) is 13.1 Å². The highest BCUT2D eigenvalue weighted by molar-refractivity contribution is 7.89. The van der Waals surface area contributed by atoms with Gasteiger partial charge in [0.15, 0.2) is 0 Å². The Bertz CT molecular complexity index is 587. The molecule has 0 saturated carbocycles. The number of nitrogens with one attached hydrogen (secondary N) is 1. The Morgan fingerprint density at radius 3 is 2.48 bits per heavy atom. The molecule has 1 aromatic carbocycles. The van der Waals surface area contributed by atoms with Crippen LogP contribution in [0.4, 0.5) is 18.9 Å². The minimum Gasteiger partial charge on any atom is -0.399 e. The van der Waals surface area contributed by atoms with Crippen LogP contribution in [0, 0.1) is 0 Å². The molecular formula is C12H16F3N3O2S. The fraction of sp³-hybridized carbons (Fsp3) is 0.500. The number of nitrogen functional groups attached to an aromatic ring is 1. The summed E-state index contributed by atoms with van der Waals surface area (Å²) in [6.07, 6.45) is -3.92. The number of hydrogen-bond acceptors (Lipinski definition) is 4. The van der Waals surface area contributed by atoms with Crippen LogP contribution in [0.25, 0.3) is 0 Å². The van der Waals surface area contributed by atoms with Gasteiger partial charge in [-0.05, 0) is 30.7 Å². The van der Waals surface area contributed by atoms with Crippen LogP contribution < -0.4 is 10.5 Å². The molecule has 1 aromatic rings. The van der Waals surface area contributed by atoms with Gasteiger partial charge in [0.05, 0.1) is 11.4 Å². The summed E-state index contributed by atoms with van der Waals surface area (Å²) in [6.45, 7) is -0.755. The van der Waals surface area contributed by atoms with E-state index in [-0.39, 0.29) is 18.0 Å². The molecule has 0 spiro atoms. The lowest BCUT2D eigenvalue weighted by molar-refractivity contribution is -0.143. The zero-order valence-electron chi connectivity index (χ0n) is 11.1. The summed E-state index contributed by atoms with van der Waals surface area (Å²) in [5.41, 5.74) is 5.92. The Kier molecular flexibility index (Phi) is 4.45. The van der Waals surface area contributed by atoms with Crippen molar-refractivity contribution >= 4 is 15.7 Å². The molecule has 0 aliphatic carbocycles. The number of sulfonamides is 1. The number of likely N-dealkylation sites (tertiary alicyclic amines) is 1. The topological polar surface area (TPSA) is 75.4 Å². The molecule has 0 aromatic heterocycles. The van der Waals surface area contributed by atoms with E-state index in [9.17, 15) is 21.6 Å². The van der Waals surface area contributed by atoms with Crippen LogP contribution in [-0.2, 0) is 10.0 Å². The Morgan fingerprint density at radius 2 is 1.90 bits per heavy atom. The summed E-state index contributed by atoms with van der Waals surface area (Å²) in [5.74, 6) is 0. The van der Waals surface area contributed by atoms with Crippen molar-refractivity contribution < 1.29 is 21.6 Å². The summed E-state index contributed by atoms with van der Waals surface area (Å²) in [7, 11) is -3.74. The third kappa shape index (κ3) is 4.58. The Morgan fingerprint density at radius 1 is 1.29 bits per heavy atom. The van der Waals surface area contributed by atoms with Gasteiger partial charge in [-0.2, -0.15) is 13.2 Å². The van der Waals surface area contributed by atoms with E-state index in [0.717, 1.165) is 0 Å². The third-order valence-corrected chi connectivity index (χ3v) is 4.72. The zero-order chi connectivity index (χ0) is 15.7. The molecule has 9 heteroatoms. The molecule has 1 unspecified atom stereocenters. The van der Waals surface area contributed by atoms with Gasteiger partial charge in [0.1, 0.15) is 0 Å². The van der Waals surface area contributed by atoms with Crippen LogP contribution in [0.15, 0.2) is 29.2 Å².